The number of carbonyl (C=O) groups is 2. The summed E-state index contributed by atoms with van der Waals surface area (Å²) in [7, 11) is 0. The number of carbonyl (C=O) groups excluding carboxylic acids is 1. The minimum Gasteiger partial charge on any atom is -0.478 e. The van der Waals surface area contributed by atoms with Crippen molar-refractivity contribution in [1.29, 1.82) is 0 Å². The Bertz CT molecular complexity index is 679. The van der Waals surface area contributed by atoms with Crippen LogP contribution in [-0.2, 0) is 4.79 Å². The fraction of sp³-hybridized carbons (Fsp3) is 0.0769. The van der Waals surface area contributed by atoms with E-state index in [9.17, 15) is 9.59 Å². The molecule has 0 unspecified atom stereocenters. The van der Waals surface area contributed by atoms with Gasteiger partial charge in [-0.05, 0) is 25.1 Å². The van der Waals surface area contributed by atoms with Crippen LogP contribution < -0.4 is 5.32 Å². The lowest BCUT2D eigenvalue weighted by molar-refractivity contribution is -0.131. The lowest BCUT2D eigenvalue weighted by atomic mass is 10.2. The number of nitrogens with one attached hydrogen (secondary N) is 1. The molecule has 0 bridgehead atoms. The van der Waals surface area contributed by atoms with Crippen LogP contribution in [0.15, 0.2) is 30.6 Å². The normalized spacial score (nSPS) is 10.7. The Hall–Kier alpha value is -2.54. The summed E-state index contributed by atoms with van der Waals surface area (Å²) >= 11 is 1.19. The van der Waals surface area contributed by atoms with E-state index in [1.165, 1.54) is 23.6 Å². The van der Waals surface area contributed by atoms with Gasteiger partial charge in [0.15, 0.2) is 5.13 Å². The fourth-order valence-electron chi connectivity index (χ4n) is 1.46. The Morgan fingerprint density at radius 2 is 2.20 bits per heavy atom. The summed E-state index contributed by atoms with van der Waals surface area (Å²) in [5, 5.41) is 11.6. The Morgan fingerprint density at radius 3 is 2.90 bits per heavy atom. The lowest BCUT2D eigenvalue weighted by Crippen LogP contribution is -2.13. The number of aromatic nitrogens is 2. The number of aryl methyl sites for hydroxylation is 1. The van der Waals surface area contributed by atoms with Crippen molar-refractivity contribution >= 4 is 34.4 Å². The number of pyridine rings is 1. The van der Waals surface area contributed by atoms with Gasteiger partial charge in [-0.15, -0.1) is 0 Å². The van der Waals surface area contributed by atoms with E-state index in [1.54, 1.807) is 25.3 Å². The van der Waals surface area contributed by atoms with Crippen LogP contribution >= 0.6 is 11.3 Å². The van der Waals surface area contributed by atoms with Crippen LogP contribution in [-0.4, -0.2) is 27.0 Å². The molecule has 2 N–H and O–H groups in total. The smallest absolute Gasteiger partial charge is 0.328 e. The quantitative estimate of drug-likeness (QED) is 0.842. The Balaban J connectivity index is 2.09. The predicted molar refractivity (Wildman–Crippen MR) is 75.7 cm³/mol. The van der Waals surface area contributed by atoms with Crippen molar-refractivity contribution < 1.29 is 14.7 Å². The predicted octanol–water partition coefficient (Wildman–Crippen LogP) is 2.20. The Morgan fingerprint density at radius 1 is 1.40 bits per heavy atom. The van der Waals surface area contributed by atoms with Gasteiger partial charge in [0.05, 0.1) is 5.56 Å². The van der Waals surface area contributed by atoms with Crippen molar-refractivity contribution in [3.05, 3.63) is 46.7 Å². The number of aliphatic carboxylic acids is 1. The van der Waals surface area contributed by atoms with Crippen LogP contribution in [0.3, 0.4) is 0 Å². The molecule has 0 aliphatic rings. The molecule has 0 saturated heterocycles. The number of hydrogen-bond acceptors (Lipinski definition) is 5. The third-order valence-corrected chi connectivity index (χ3v) is 3.26. The molecule has 1 amide bonds. The van der Waals surface area contributed by atoms with E-state index in [0.29, 0.717) is 21.3 Å². The molecule has 20 heavy (non-hydrogen) atoms. The molecule has 0 aromatic carbocycles. The van der Waals surface area contributed by atoms with Crippen molar-refractivity contribution in [1.82, 2.24) is 9.97 Å². The number of carboxylic acids is 1. The van der Waals surface area contributed by atoms with Gasteiger partial charge >= 0.3 is 5.97 Å². The molecule has 0 aliphatic carbocycles. The lowest BCUT2D eigenvalue weighted by Gasteiger charge is -2.03. The monoisotopic (exact) mass is 289 g/mol. The molecule has 2 rings (SSSR count). The van der Waals surface area contributed by atoms with Crippen molar-refractivity contribution in [2.75, 3.05) is 5.32 Å². The third kappa shape index (κ3) is 3.48. The molecule has 2 aromatic heterocycles. The number of hydrogen-bond donors (Lipinski definition) is 2. The van der Waals surface area contributed by atoms with E-state index in [4.69, 9.17) is 5.11 Å². The van der Waals surface area contributed by atoms with Gasteiger partial charge in [0, 0.05) is 29.0 Å². The van der Waals surface area contributed by atoms with Gasteiger partial charge in [0.2, 0.25) is 0 Å². The zero-order valence-electron chi connectivity index (χ0n) is 10.5. The SMILES string of the molecule is Cc1ncccc1C(=O)Nc1ncc(/C=C/C(=O)O)s1. The zero-order chi connectivity index (χ0) is 14.5. The van der Waals surface area contributed by atoms with Crippen molar-refractivity contribution in [3.8, 4) is 0 Å². The molecule has 102 valence electrons. The van der Waals surface area contributed by atoms with Gasteiger partial charge in [-0.2, -0.15) is 0 Å². The highest BCUT2D eigenvalue weighted by Crippen LogP contribution is 2.20. The van der Waals surface area contributed by atoms with Crippen molar-refractivity contribution in [2.24, 2.45) is 0 Å². The van der Waals surface area contributed by atoms with E-state index in [1.807, 2.05) is 0 Å². The molecule has 7 heteroatoms. The number of amides is 1. The topological polar surface area (TPSA) is 92.2 Å². The highest BCUT2D eigenvalue weighted by Gasteiger charge is 2.11. The first-order valence-corrected chi connectivity index (χ1v) is 6.47. The summed E-state index contributed by atoms with van der Waals surface area (Å²) in [6.07, 6.45) is 5.55. The van der Waals surface area contributed by atoms with E-state index in [-0.39, 0.29) is 5.91 Å². The zero-order valence-corrected chi connectivity index (χ0v) is 11.3. The first-order valence-electron chi connectivity index (χ1n) is 5.66. The summed E-state index contributed by atoms with van der Waals surface area (Å²) in [6, 6.07) is 3.36. The van der Waals surface area contributed by atoms with Gasteiger partial charge in [-0.25, -0.2) is 9.78 Å². The number of nitrogens with zero attached hydrogens (tertiary/aromatic N) is 2. The number of thiazole rings is 1. The standard InChI is InChI=1S/C13H11N3O3S/c1-8-10(3-2-6-14-8)12(19)16-13-15-7-9(20-13)4-5-11(17)18/h2-7H,1H3,(H,17,18)(H,15,16,19)/b5-4+. The number of anilines is 1. The Kier molecular flexibility index (Phi) is 4.21. The molecule has 0 radical (unpaired) electrons. The van der Waals surface area contributed by atoms with Crippen LogP contribution in [0.1, 0.15) is 20.9 Å². The largest absolute Gasteiger partial charge is 0.478 e. The van der Waals surface area contributed by atoms with Crippen molar-refractivity contribution in [2.45, 2.75) is 6.92 Å². The van der Waals surface area contributed by atoms with Crippen LogP contribution in [0.25, 0.3) is 6.08 Å². The van der Waals surface area contributed by atoms with Gasteiger partial charge in [-0.1, -0.05) is 11.3 Å². The van der Waals surface area contributed by atoms with Crippen LogP contribution in [0.4, 0.5) is 5.13 Å². The molecule has 2 aromatic rings. The first-order chi connectivity index (χ1) is 9.56. The maximum Gasteiger partial charge on any atom is 0.328 e. The average Bonchev–Trinajstić information content (AvgIpc) is 2.84. The van der Waals surface area contributed by atoms with Gasteiger partial charge in [0.1, 0.15) is 0 Å². The van der Waals surface area contributed by atoms with E-state index in [2.05, 4.69) is 15.3 Å². The van der Waals surface area contributed by atoms with Crippen LogP contribution in [0.5, 0.6) is 0 Å². The van der Waals surface area contributed by atoms with Gasteiger partial charge in [0.25, 0.3) is 5.91 Å². The maximum absolute atomic E-state index is 12.0. The van der Waals surface area contributed by atoms with Crippen molar-refractivity contribution in [3.63, 3.8) is 0 Å². The molecular weight excluding hydrogens is 278 g/mol. The molecule has 0 fully saturated rings. The van der Waals surface area contributed by atoms with E-state index in [0.717, 1.165) is 6.08 Å². The second kappa shape index (κ2) is 6.07. The molecule has 6 nitrogen and oxygen atoms in total. The molecule has 0 aliphatic heterocycles. The highest BCUT2D eigenvalue weighted by atomic mass is 32.1. The molecule has 0 spiro atoms. The minimum absolute atomic E-state index is 0.293. The number of rotatable bonds is 4. The minimum atomic E-state index is -1.03. The molecule has 0 atom stereocenters. The number of carboxylic acid groups (broad SMARTS) is 1. The van der Waals surface area contributed by atoms with E-state index < -0.39 is 5.97 Å². The fourth-order valence-corrected chi connectivity index (χ4v) is 2.18. The average molecular weight is 289 g/mol. The summed E-state index contributed by atoms with van der Waals surface area (Å²) in [4.78, 5) is 31.1. The summed E-state index contributed by atoms with van der Waals surface area (Å²) in [5.41, 5.74) is 1.11. The summed E-state index contributed by atoms with van der Waals surface area (Å²) in [5.74, 6) is -1.33. The van der Waals surface area contributed by atoms with Gasteiger partial charge in [-0.3, -0.25) is 15.1 Å². The van der Waals surface area contributed by atoms with E-state index >= 15 is 0 Å². The summed E-state index contributed by atoms with van der Waals surface area (Å²) in [6.45, 7) is 1.75. The first kappa shape index (κ1) is 13.9. The maximum atomic E-state index is 12.0. The second-order valence-corrected chi connectivity index (χ2v) is 4.89. The Labute approximate surface area is 118 Å². The van der Waals surface area contributed by atoms with Gasteiger partial charge < -0.3 is 5.11 Å². The van der Waals surface area contributed by atoms with Crippen LogP contribution in [0.2, 0.25) is 0 Å². The second-order valence-electron chi connectivity index (χ2n) is 3.83. The molecular formula is C13H11N3O3S. The highest BCUT2D eigenvalue weighted by molar-refractivity contribution is 7.16. The van der Waals surface area contributed by atoms with Crippen LogP contribution in [0, 0.1) is 6.92 Å². The third-order valence-electron chi connectivity index (χ3n) is 2.39. The summed E-state index contributed by atoms with van der Waals surface area (Å²) < 4.78 is 0. The molecule has 2 heterocycles. The molecule has 0 saturated carbocycles.